The van der Waals surface area contributed by atoms with E-state index in [0.717, 1.165) is 41.0 Å². The highest BCUT2D eigenvalue weighted by atomic mass is 32.2. The number of nitrogens with zero attached hydrogens (tertiary/aromatic N) is 6. The van der Waals surface area contributed by atoms with E-state index in [-0.39, 0.29) is 23.8 Å². The molecule has 15 heteroatoms. The van der Waals surface area contributed by atoms with Gasteiger partial charge in [-0.3, -0.25) is 0 Å². The van der Waals surface area contributed by atoms with E-state index in [1.165, 1.54) is 23.0 Å². The number of aliphatic hydroxyl groups excluding tert-OH is 1. The molecule has 0 atom stereocenters. The van der Waals surface area contributed by atoms with E-state index in [9.17, 15) is 21.9 Å². The highest BCUT2D eigenvalue weighted by molar-refractivity contribution is 7.90. The van der Waals surface area contributed by atoms with Crippen molar-refractivity contribution in [2.45, 2.75) is 62.7 Å². The summed E-state index contributed by atoms with van der Waals surface area (Å²) in [6, 6.07) is 3.84. The lowest BCUT2D eigenvalue weighted by atomic mass is 9.86. The summed E-state index contributed by atoms with van der Waals surface area (Å²) in [4.78, 5) is 13.5. The van der Waals surface area contributed by atoms with Crippen LogP contribution in [0.25, 0.3) is 11.4 Å². The van der Waals surface area contributed by atoms with Crippen LogP contribution in [0.2, 0.25) is 0 Å². The number of rotatable bonds is 9. The topological polar surface area (TPSA) is 172 Å². The number of pyridine rings is 1. The van der Waals surface area contributed by atoms with E-state index in [0.29, 0.717) is 67.7 Å². The molecule has 1 saturated heterocycles. The van der Waals surface area contributed by atoms with Crippen LogP contribution in [-0.4, -0.2) is 87.6 Å². The first-order valence-corrected chi connectivity index (χ1v) is 18.7. The summed E-state index contributed by atoms with van der Waals surface area (Å²) in [7, 11) is -6.69. The Morgan fingerprint density at radius 3 is 2.42 bits per heavy atom. The molecule has 45 heavy (non-hydrogen) atoms. The molecule has 3 aliphatic rings. The van der Waals surface area contributed by atoms with E-state index in [1.54, 1.807) is 18.5 Å². The van der Waals surface area contributed by atoms with Gasteiger partial charge in [0.15, 0.2) is 5.82 Å². The Morgan fingerprint density at radius 1 is 0.978 bits per heavy atom. The number of aliphatic hydroxyl groups is 1. The van der Waals surface area contributed by atoms with Gasteiger partial charge < -0.3 is 15.7 Å². The van der Waals surface area contributed by atoms with Crippen molar-refractivity contribution in [3.05, 3.63) is 42.5 Å². The maximum absolute atomic E-state index is 12.6. The number of nitrogens with one attached hydrogen (secondary N) is 2. The number of sulfonamides is 1. The van der Waals surface area contributed by atoms with Gasteiger partial charge in [0, 0.05) is 50.1 Å². The van der Waals surface area contributed by atoms with E-state index in [2.05, 4.69) is 42.5 Å². The first kappa shape index (κ1) is 31.4. The Bertz CT molecular complexity index is 1800. The third-order valence-corrected chi connectivity index (χ3v) is 12.0. The Labute approximate surface area is 264 Å². The van der Waals surface area contributed by atoms with E-state index >= 15 is 0 Å². The second kappa shape index (κ2) is 13.0. The van der Waals surface area contributed by atoms with Gasteiger partial charge in [0.1, 0.15) is 11.6 Å². The van der Waals surface area contributed by atoms with Crippen molar-refractivity contribution in [1.82, 2.24) is 28.4 Å². The quantitative estimate of drug-likeness (QED) is 0.290. The second-order valence-corrected chi connectivity index (χ2v) is 16.2. The summed E-state index contributed by atoms with van der Waals surface area (Å²) in [5, 5.41) is 20.1. The molecular weight excluding hydrogens is 617 g/mol. The van der Waals surface area contributed by atoms with Crippen LogP contribution in [0.5, 0.6) is 0 Å². The van der Waals surface area contributed by atoms with Crippen LogP contribution in [0.1, 0.15) is 56.9 Å². The van der Waals surface area contributed by atoms with Gasteiger partial charge in [-0.05, 0) is 63.4 Å². The molecule has 1 aliphatic heterocycles. The number of aromatic nitrogens is 5. The number of piperidine rings is 1. The third-order valence-electron chi connectivity index (χ3n) is 8.64. The maximum Gasteiger partial charge on any atom is 0.256 e. The molecule has 0 radical (unpaired) electrons. The van der Waals surface area contributed by atoms with E-state index < -0.39 is 20.0 Å². The van der Waals surface area contributed by atoms with Crippen molar-refractivity contribution in [1.29, 1.82) is 0 Å². The van der Waals surface area contributed by atoms with Crippen molar-refractivity contribution in [2.75, 3.05) is 36.6 Å². The van der Waals surface area contributed by atoms with Crippen LogP contribution in [0.4, 0.5) is 17.3 Å². The number of anilines is 3. The average molecular weight is 655 g/mol. The van der Waals surface area contributed by atoms with Gasteiger partial charge in [-0.2, -0.15) is 9.19 Å². The monoisotopic (exact) mass is 654 g/mol. The van der Waals surface area contributed by atoms with Crippen LogP contribution in [-0.2, 0) is 20.0 Å². The minimum Gasteiger partial charge on any atom is -0.396 e. The number of hydrogen-bond acceptors (Lipinski definition) is 11. The molecule has 3 aromatic heterocycles. The Kier molecular flexibility index (Phi) is 9.10. The molecule has 3 fully saturated rings. The minimum absolute atomic E-state index is 0.0942. The normalized spacial score (nSPS) is 21.6. The van der Waals surface area contributed by atoms with Gasteiger partial charge >= 0.3 is 0 Å². The second-order valence-electron chi connectivity index (χ2n) is 12.1. The van der Waals surface area contributed by atoms with Crippen LogP contribution < -0.4 is 10.6 Å². The van der Waals surface area contributed by atoms with E-state index in [1.807, 2.05) is 6.07 Å². The molecule has 3 aromatic rings. The van der Waals surface area contributed by atoms with Crippen LogP contribution in [0, 0.1) is 23.7 Å². The number of hydrogen-bond donors (Lipinski definition) is 3. The molecule has 0 aromatic carbocycles. The summed E-state index contributed by atoms with van der Waals surface area (Å²) in [5.74, 6) is 8.44. The molecule has 2 aliphatic carbocycles. The van der Waals surface area contributed by atoms with Crippen molar-refractivity contribution in [3.8, 4) is 23.2 Å². The fraction of sp³-hybridized carbons (Fsp3) is 0.533. The highest BCUT2D eigenvalue weighted by Gasteiger charge is 2.37. The zero-order valence-electron chi connectivity index (χ0n) is 25.1. The lowest BCUT2D eigenvalue weighted by Crippen LogP contribution is -2.37. The summed E-state index contributed by atoms with van der Waals surface area (Å²) >= 11 is 0. The molecule has 240 valence electrons. The largest absolute Gasteiger partial charge is 0.396 e. The van der Waals surface area contributed by atoms with Gasteiger partial charge in [0.25, 0.3) is 10.0 Å². The molecule has 0 spiro atoms. The maximum atomic E-state index is 12.6. The molecule has 2 saturated carbocycles. The predicted octanol–water partition coefficient (Wildman–Crippen LogP) is 2.81. The fourth-order valence-electron chi connectivity index (χ4n) is 5.74. The zero-order valence-corrected chi connectivity index (χ0v) is 26.8. The molecule has 0 unspecified atom stereocenters. The third kappa shape index (κ3) is 7.63. The first-order valence-electron chi connectivity index (χ1n) is 15.3. The molecule has 0 bridgehead atoms. The van der Waals surface area contributed by atoms with Crippen molar-refractivity contribution < 1.29 is 21.9 Å². The molecule has 3 N–H and O–H groups in total. The van der Waals surface area contributed by atoms with Crippen molar-refractivity contribution >= 4 is 37.4 Å². The zero-order chi connectivity index (χ0) is 31.6. The SMILES string of the molecule is CS(=O)(=O)N1CCC(C#Cc2cnc(Nc3ccnc(-c4cnn(S(=O)(=O)C5CC5)c4)n3)cc2NC2CCC(CO)CC2)CC1. The van der Waals surface area contributed by atoms with Gasteiger partial charge in [-0.15, -0.1) is 0 Å². The van der Waals surface area contributed by atoms with E-state index in [4.69, 9.17) is 0 Å². The lowest BCUT2D eigenvalue weighted by Gasteiger charge is -2.29. The van der Waals surface area contributed by atoms with Gasteiger partial charge in [-0.25, -0.2) is 36.1 Å². The van der Waals surface area contributed by atoms with Gasteiger partial charge in [0.2, 0.25) is 10.0 Å². The van der Waals surface area contributed by atoms with Crippen LogP contribution in [0.15, 0.2) is 36.9 Å². The van der Waals surface area contributed by atoms with Crippen LogP contribution in [0.3, 0.4) is 0 Å². The summed E-state index contributed by atoms with van der Waals surface area (Å²) < 4.78 is 51.4. The first-order chi connectivity index (χ1) is 21.6. The smallest absolute Gasteiger partial charge is 0.256 e. The Morgan fingerprint density at radius 2 is 1.73 bits per heavy atom. The minimum atomic E-state index is -3.49. The molecule has 6 rings (SSSR count). The summed E-state index contributed by atoms with van der Waals surface area (Å²) in [6.07, 6.45) is 13.9. The predicted molar refractivity (Wildman–Crippen MR) is 171 cm³/mol. The van der Waals surface area contributed by atoms with Crippen LogP contribution >= 0.6 is 0 Å². The van der Waals surface area contributed by atoms with Crippen molar-refractivity contribution in [2.24, 2.45) is 11.8 Å². The van der Waals surface area contributed by atoms with Crippen molar-refractivity contribution in [3.63, 3.8) is 0 Å². The summed E-state index contributed by atoms with van der Waals surface area (Å²) in [5.41, 5.74) is 2.08. The average Bonchev–Trinajstić information content (AvgIpc) is 3.78. The fourth-order valence-corrected chi connectivity index (χ4v) is 8.09. The lowest BCUT2D eigenvalue weighted by molar-refractivity contribution is 0.186. The molecule has 4 heterocycles. The molecule has 0 amide bonds. The Hall–Kier alpha value is -3.58. The van der Waals surface area contributed by atoms with Gasteiger partial charge in [0.05, 0.1) is 40.7 Å². The molecular formula is C30H38N8O5S2. The Balaban J connectivity index is 1.20. The summed E-state index contributed by atoms with van der Waals surface area (Å²) in [6.45, 7) is 1.15. The standard InChI is InChI=1S/C30H38N8O5S2/c1-44(40,41)37-14-11-21(12-15-37)2-5-23-17-32-29(16-27(23)34-25-6-3-22(20-39)4-7-25)35-28-10-13-31-30(36-28)24-18-33-38(19-24)45(42,43)26-8-9-26/h10,13,16-19,21-22,25-26,39H,3-4,6-9,11-12,14-15,20H2,1H3,(H2,31,32,34,35,36). The molecule has 13 nitrogen and oxygen atoms in total. The highest BCUT2D eigenvalue weighted by Crippen LogP contribution is 2.31. The van der Waals surface area contributed by atoms with Gasteiger partial charge in [-0.1, -0.05) is 11.8 Å².